The first-order valence-corrected chi connectivity index (χ1v) is 8.27. The van der Waals surface area contributed by atoms with E-state index in [4.69, 9.17) is 21.4 Å². The van der Waals surface area contributed by atoms with Gasteiger partial charge in [0.1, 0.15) is 0 Å². The molecule has 5 nitrogen and oxygen atoms in total. The highest BCUT2D eigenvalue weighted by Gasteiger charge is 2.13. The van der Waals surface area contributed by atoms with Crippen LogP contribution in [0.5, 0.6) is 11.5 Å². The van der Waals surface area contributed by atoms with E-state index in [9.17, 15) is 8.78 Å². The van der Waals surface area contributed by atoms with Crippen LogP contribution in [0.15, 0.2) is 46.9 Å². The zero-order chi connectivity index (χ0) is 18.7. The highest BCUT2D eigenvalue weighted by Crippen LogP contribution is 2.30. The third-order valence-electron chi connectivity index (χ3n) is 3.85. The average molecular weight is 380 g/mol. The van der Waals surface area contributed by atoms with E-state index in [1.54, 1.807) is 12.1 Å². The van der Waals surface area contributed by atoms with Gasteiger partial charge < -0.3 is 13.9 Å². The summed E-state index contributed by atoms with van der Waals surface area (Å²) in [5, 5.41) is 0. The largest absolute Gasteiger partial charge is 0.493 e. The second-order valence-electron chi connectivity index (χ2n) is 5.78. The molecule has 0 fully saturated rings. The Labute approximate surface area is 154 Å². The molecule has 3 aromatic rings. The maximum atomic E-state index is 12.4. The van der Waals surface area contributed by atoms with E-state index in [0.29, 0.717) is 18.1 Å². The van der Waals surface area contributed by atoms with Crippen molar-refractivity contribution in [3.8, 4) is 11.5 Å². The number of halogens is 2. The first-order chi connectivity index (χ1) is 12.5. The predicted molar refractivity (Wildman–Crippen MR) is 96.1 cm³/mol. The number of ether oxygens (including phenoxy) is 2. The molecule has 8 heteroatoms. The van der Waals surface area contributed by atoms with Crippen molar-refractivity contribution < 1.29 is 22.7 Å². The van der Waals surface area contributed by atoms with Gasteiger partial charge in [-0.15, -0.1) is 0 Å². The van der Waals surface area contributed by atoms with Crippen molar-refractivity contribution in [2.45, 2.75) is 19.8 Å². The number of nitrogens with zero attached hydrogens (tertiary/aromatic N) is 2. The predicted octanol–water partition coefficient (Wildman–Crippen LogP) is 4.66. The minimum Gasteiger partial charge on any atom is -0.493 e. The molecule has 0 aliphatic heterocycles. The second-order valence-corrected chi connectivity index (χ2v) is 6.13. The number of oxazole rings is 1. The average Bonchev–Trinajstić information content (AvgIpc) is 2.91. The molecule has 0 unspecified atom stereocenters. The molecule has 3 rings (SSSR count). The van der Waals surface area contributed by atoms with Crippen LogP contribution in [0.1, 0.15) is 5.56 Å². The molecule has 0 bridgehead atoms. The van der Waals surface area contributed by atoms with Crippen molar-refractivity contribution in [1.29, 1.82) is 0 Å². The number of para-hydroxylation sites is 2. The van der Waals surface area contributed by atoms with Gasteiger partial charge in [0.25, 0.3) is 4.84 Å². The quantitative estimate of drug-likeness (QED) is 0.558. The normalized spacial score (nSPS) is 11.5. The van der Waals surface area contributed by atoms with E-state index in [2.05, 4.69) is 4.74 Å². The van der Waals surface area contributed by atoms with Crippen LogP contribution in [-0.2, 0) is 13.2 Å². The van der Waals surface area contributed by atoms with Crippen molar-refractivity contribution in [3.63, 3.8) is 0 Å². The van der Waals surface area contributed by atoms with Crippen molar-refractivity contribution in [1.82, 2.24) is 9.47 Å². The maximum absolute atomic E-state index is 12.4. The highest BCUT2D eigenvalue weighted by molar-refractivity contribution is 7.71. The summed E-state index contributed by atoms with van der Waals surface area (Å²) in [6.07, 6.45) is 0. The lowest BCUT2D eigenvalue weighted by Crippen LogP contribution is -2.21. The Balaban J connectivity index is 1.76. The van der Waals surface area contributed by atoms with Crippen LogP contribution in [0.3, 0.4) is 0 Å². The second kappa shape index (κ2) is 7.84. The van der Waals surface area contributed by atoms with Crippen LogP contribution in [0, 0.1) is 4.84 Å². The Hall–Kier alpha value is -2.45. The SMILES string of the molecule is COc1cc(CN(C)Cn2c(=S)oc3ccccc32)ccc1OC(F)F. The van der Waals surface area contributed by atoms with Crippen LogP contribution < -0.4 is 9.47 Å². The molecular formula is C18H18F2N2O3S. The molecule has 0 saturated carbocycles. The van der Waals surface area contributed by atoms with Crippen LogP contribution in [0.4, 0.5) is 8.78 Å². The van der Waals surface area contributed by atoms with E-state index >= 15 is 0 Å². The number of methoxy groups -OCH3 is 1. The van der Waals surface area contributed by atoms with Gasteiger partial charge in [0.15, 0.2) is 17.1 Å². The Kier molecular flexibility index (Phi) is 5.53. The molecule has 0 atom stereocenters. The van der Waals surface area contributed by atoms with Gasteiger partial charge in [-0.05, 0) is 49.1 Å². The number of benzene rings is 2. The molecule has 1 aromatic heterocycles. The van der Waals surface area contributed by atoms with E-state index in [1.807, 2.05) is 40.8 Å². The zero-order valence-electron chi connectivity index (χ0n) is 14.3. The Morgan fingerprint density at radius 3 is 2.69 bits per heavy atom. The zero-order valence-corrected chi connectivity index (χ0v) is 15.1. The topological polar surface area (TPSA) is 39.8 Å². The molecule has 138 valence electrons. The van der Waals surface area contributed by atoms with E-state index in [0.717, 1.165) is 16.7 Å². The van der Waals surface area contributed by atoms with Gasteiger partial charge in [-0.2, -0.15) is 8.78 Å². The summed E-state index contributed by atoms with van der Waals surface area (Å²) in [7, 11) is 3.34. The summed E-state index contributed by atoms with van der Waals surface area (Å²) in [5.74, 6) is 0.276. The summed E-state index contributed by atoms with van der Waals surface area (Å²) >= 11 is 5.29. The van der Waals surface area contributed by atoms with Crippen LogP contribution in [0.2, 0.25) is 0 Å². The number of hydrogen-bond donors (Lipinski definition) is 0. The lowest BCUT2D eigenvalue weighted by Gasteiger charge is -2.18. The van der Waals surface area contributed by atoms with Crippen LogP contribution in [0.25, 0.3) is 11.1 Å². The molecule has 0 radical (unpaired) electrons. The third kappa shape index (κ3) is 4.03. The fraction of sp³-hybridized carbons (Fsp3) is 0.278. The Bertz CT molecular complexity index is 955. The molecule has 0 N–H and O–H groups in total. The van der Waals surface area contributed by atoms with Crippen molar-refractivity contribution in [2.24, 2.45) is 0 Å². The van der Waals surface area contributed by atoms with Gasteiger partial charge in [0.2, 0.25) is 0 Å². The van der Waals surface area contributed by atoms with Crippen molar-refractivity contribution in [2.75, 3.05) is 14.2 Å². The van der Waals surface area contributed by atoms with Gasteiger partial charge in [-0.3, -0.25) is 9.47 Å². The van der Waals surface area contributed by atoms with E-state index in [1.165, 1.54) is 13.2 Å². The van der Waals surface area contributed by atoms with E-state index in [-0.39, 0.29) is 11.5 Å². The number of hydrogen-bond acceptors (Lipinski definition) is 5. The smallest absolute Gasteiger partial charge is 0.387 e. The molecule has 0 aliphatic rings. The molecule has 0 spiro atoms. The fourth-order valence-electron chi connectivity index (χ4n) is 2.75. The van der Waals surface area contributed by atoms with Gasteiger partial charge >= 0.3 is 6.61 Å². The lowest BCUT2D eigenvalue weighted by atomic mass is 10.2. The number of fused-ring (bicyclic) bond motifs is 1. The van der Waals surface area contributed by atoms with Gasteiger partial charge in [0.05, 0.1) is 19.3 Å². The first kappa shape index (κ1) is 18.3. The Morgan fingerprint density at radius 2 is 1.96 bits per heavy atom. The van der Waals surface area contributed by atoms with Crippen LogP contribution in [-0.4, -0.2) is 30.2 Å². The summed E-state index contributed by atoms with van der Waals surface area (Å²) in [4.78, 5) is 2.43. The van der Waals surface area contributed by atoms with Crippen molar-refractivity contribution in [3.05, 3.63) is 52.9 Å². The first-order valence-electron chi connectivity index (χ1n) is 7.86. The molecule has 0 aliphatic carbocycles. The van der Waals surface area contributed by atoms with Crippen LogP contribution >= 0.6 is 12.2 Å². The minimum absolute atomic E-state index is 0.0111. The summed E-state index contributed by atoms with van der Waals surface area (Å²) in [5.41, 5.74) is 2.55. The molecule has 1 heterocycles. The molecule has 2 aromatic carbocycles. The number of rotatable bonds is 7. The van der Waals surface area contributed by atoms with Gasteiger partial charge in [0, 0.05) is 6.54 Å². The number of aromatic nitrogens is 1. The van der Waals surface area contributed by atoms with Gasteiger partial charge in [-0.25, -0.2) is 0 Å². The van der Waals surface area contributed by atoms with Gasteiger partial charge in [-0.1, -0.05) is 18.2 Å². The lowest BCUT2D eigenvalue weighted by molar-refractivity contribution is -0.0512. The third-order valence-corrected chi connectivity index (χ3v) is 4.16. The number of alkyl halides is 2. The summed E-state index contributed by atoms with van der Waals surface area (Å²) in [6, 6.07) is 12.5. The monoisotopic (exact) mass is 380 g/mol. The molecule has 0 amide bonds. The molecule has 0 saturated heterocycles. The van der Waals surface area contributed by atoms with Crippen molar-refractivity contribution >= 4 is 23.3 Å². The minimum atomic E-state index is -2.89. The highest BCUT2D eigenvalue weighted by atomic mass is 32.1. The summed E-state index contributed by atoms with van der Waals surface area (Å²) in [6.45, 7) is -1.81. The fourth-order valence-corrected chi connectivity index (χ4v) is 3.00. The molecular weight excluding hydrogens is 362 g/mol. The maximum Gasteiger partial charge on any atom is 0.387 e. The standard InChI is InChI=1S/C18H18F2N2O3S/c1-21(11-22-13-5-3-4-6-14(13)25-18(22)26)10-12-7-8-15(24-17(19)20)16(9-12)23-2/h3-9,17H,10-11H2,1-2H3. The summed E-state index contributed by atoms with van der Waals surface area (Å²) < 4.78 is 41.9. The van der Waals surface area contributed by atoms with E-state index < -0.39 is 6.61 Å². The Morgan fingerprint density at radius 1 is 1.19 bits per heavy atom. The molecule has 26 heavy (non-hydrogen) atoms.